The summed E-state index contributed by atoms with van der Waals surface area (Å²) < 4.78 is 13.2. The number of carbonyl (C=O) groups excluding carboxylic acids is 1. The summed E-state index contributed by atoms with van der Waals surface area (Å²) in [7, 11) is 1.65. The summed E-state index contributed by atoms with van der Waals surface area (Å²) in [6, 6.07) is 7.99. The monoisotopic (exact) mass is 446 g/mol. The lowest BCUT2D eigenvalue weighted by molar-refractivity contribution is -0.119. The van der Waals surface area contributed by atoms with Crippen molar-refractivity contribution in [2.45, 2.75) is 76.2 Å². The zero-order valence-electron chi connectivity index (χ0n) is 18.8. The number of hydrogen-bond donors (Lipinski definition) is 1. The Morgan fingerprint density at radius 1 is 1.32 bits per heavy atom. The molecule has 2 atom stereocenters. The topological polar surface area (TPSA) is 78.3 Å². The van der Waals surface area contributed by atoms with Crippen LogP contribution in [-0.2, 0) is 16.1 Å². The molecule has 0 bridgehead atoms. The third-order valence-corrected chi connectivity index (χ3v) is 6.42. The highest BCUT2D eigenvalue weighted by atomic mass is 32.2. The number of rotatable bonds is 12. The van der Waals surface area contributed by atoms with Crippen LogP contribution in [0.5, 0.6) is 5.75 Å². The number of carbonyl (C=O) groups is 1. The van der Waals surface area contributed by atoms with E-state index in [9.17, 15) is 4.79 Å². The zero-order valence-corrected chi connectivity index (χ0v) is 19.6. The molecule has 2 unspecified atom stereocenters. The minimum Gasteiger partial charge on any atom is -0.497 e. The van der Waals surface area contributed by atoms with Gasteiger partial charge in [-0.25, -0.2) is 0 Å². The average Bonchev–Trinajstić information content (AvgIpc) is 3.43. The van der Waals surface area contributed by atoms with Crippen molar-refractivity contribution in [3.63, 3.8) is 0 Å². The van der Waals surface area contributed by atoms with Gasteiger partial charge in [0.1, 0.15) is 5.75 Å². The summed E-state index contributed by atoms with van der Waals surface area (Å²) >= 11 is 1.43. The summed E-state index contributed by atoms with van der Waals surface area (Å²) in [5.41, 5.74) is 0.965. The van der Waals surface area contributed by atoms with E-state index in [4.69, 9.17) is 9.47 Å². The summed E-state index contributed by atoms with van der Waals surface area (Å²) in [5, 5.41) is 12.7. The van der Waals surface area contributed by atoms with Crippen LogP contribution in [0.15, 0.2) is 29.4 Å². The molecule has 7 nitrogen and oxygen atoms in total. The van der Waals surface area contributed by atoms with Gasteiger partial charge in [-0.15, -0.1) is 10.2 Å². The number of nitrogens with zero attached hydrogens (tertiary/aromatic N) is 3. The number of nitrogens with one attached hydrogen (secondary N) is 1. The Morgan fingerprint density at radius 3 is 2.81 bits per heavy atom. The molecular weight excluding hydrogens is 412 g/mol. The molecule has 1 aromatic heterocycles. The van der Waals surface area contributed by atoms with E-state index in [1.165, 1.54) is 24.6 Å². The Bertz CT molecular complexity index is 819. The highest BCUT2D eigenvalue weighted by Crippen LogP contribution is 2.27. The van der Waals surface area contributed by atoms with Crippen LogP contribution < -0.4 is 10.1 Å². The van der Waals surface area contributed by atoms with Gasteiger partial charge in [0, 0.05) is 18.2 Å². The Hall–Kier alpha value is -2.06. The Kier molecular flexibility index (Phi) is 9.21. The van der Waals surface area contributed by atoms with Crippen molar-refractivity contribution in [1.82, 2.24) is 20.1 Å². The van der Waals surface area contributed by atoms with Crippen LogP contribution in [0.1, 0.15) is 52.4 Å². The normalized spacial score (nSPS) is 16.9. The first-order valence-corrected chi connectivity index (χ1v) is 12.2. The van der Waals surface area contributed by atoms with Crippen LogP contribution in [0.3, 0.4) is 0 Å². The minimum atomic E-state index is 0.0339. The van der Waals surface area contributed by atoms with E-state index in [0.29, 0.717) is 12.3 Å². The second-order valence-electron chi connectivity index (χ2n) is 8.03. The SMILES string of the molecule is CCCCCC(C)NC(=O)CSc1nnc(-c2ccc(OC)cc2)n1CC1CCCO1. The van der Waals surface area contributed by atoms with Crippen molar-refractivity contribution in [2.24, 2.45) is 0 Å². The fraction of sp³-hybridized carbons (Fsp3) is 0.609. The molecule has 1 amide bonds. The largest absolute Gasteiger partial charge is 0.497 e. The number of methoxy groups -OCH3 is 1. The van der Waals surface area contributed by atoms with Crippen molar-refractivity contribution in [2.75, 3.05) is 19.5 Å². The number of amides is 1. The third kappa shape index (κ3) is 6.97. The lowest BCUT2D eigenvalue weighted by Gasteiger charge is -2.16. The molecule has 170 valence electrons. The molecule has 3 rings (SSSR count). The highest BCUT2D eigenvalue weighted by molar-refractivity contribution is 7.99. The van der Waals surface area contributed by atoms with Gasteiger partial charge in [0.15, 0.2) is 11.0 Å². The molecule has 0 spiro atoms. The first-order valence-electron chi connectivity index (χ1n) is 11.2. The molecule has 0 aliphatic carbocycles. The van der Waals surface area contributed by atoms with E-state index in [1.54, 1.807) is 7.11 Å². The van der Waals surface area contributed by atoms with Gasteiger partial charge in [0.2, 0.25) is 5.91 Å². The van der Waals surface area contributed by atoms with Gasteiger partial charge in [0.25, 0.3) is 0 Å². The maximum absolute atomic E-state index is 12.4. The molecule has 2 heterocycles. The molecule has 1 aromatic carbocycles. The van der Waals surface area contributed by atoms with Crippen LogP contribution in [0.4, 0.5) is 0 Å². The second-order valence-corrected chi connectivity index (χ2v) is 8.98. The molecule has 1 aliphatic heterocycles. The smallest absolute Gasteiger partial charge is 0.230 e. The molecule has 8 heteroatoms. The quantitative estimate of drug-likeness (QED) is 0.387. The minimum absolute atomic E-state index is 0.0339. The van der Waals surface area contributed by atoms with Crippen LogP contribution in [0.25, 0.3) is 11.4 Å². The van der Waals surface area contributed by atoms with E-state index in [2.05, 4.69) is 33.9 Å². The van der Waals surface area contributed by atoms with Crippen LogP contribution >= 0.6 is 11.8 Å². The standard InChI is InChI=1S/C23H34N4O3S/c1-4-5-6-8-17(2)24-21(28)16-31-23-26-25-22(18-10-12-19(29-3)13-11-18)27(23)15-20-9-7-14-30-20/h10-13,17,20H,4-9,14-16H2,1-3H3,(H,24,28). The maximum atomic E-state index is 12.4. The third-order valence-electron chi connectivity index (χ3n) is 5.46. The van der Waals surface area contributed by atoms with Gasteiger partial charge in [-0.3, -0.25) is 9.36 Å². The van der Waals surface area contributed by atoms with Gasteiger partial charge in [-0.2, -0.15) is 0 Å². The van der Waals surface area contributed by atoms with Crippen molar-refractivity contribution >= 4 is 17.7 Å². The van der Waals surface area contributed by atoms with Gasteiger partial charge in [-0.05, 0) is 50.5 Å². The number of benzene rings is 1. The lowest BCUT2D eigenvalue weighted by atomic mass is 10.1. The first kappa shape index (κ1) is 23.6. The van der Waals surface area contributed by atoms with Crippen molar-refractivity contribution in [3.05, 3.63) is 24.3 Å². The van der Waals surface area contributed by atoms with Gasteiger partial charge < -0.3 is 14.8 Å². The van der Waals surface area contributed by atoms with Crippen molar-refractivity contribution in [3.8, 4) is 17.1 Å². The van der Waals surface area contributed by atoms with E-state index in [1.807, 2.05) is 24.3 Å². The molecule has 1 fully saturated rings. The van der Waals surface area contributed by atoms with Crippen molar-refractivity contribution in [1.29, 1.82) is 0 Å². The first-order chi connectivity index (χ1) is 15.1. The predicted molar refractivity (Wildman–Crippen MR) is 123 cm³/mol. The molecule has 1 N–H and O–H groups in total. The summed E-state index contributed by atoms with van der Waals surface area (Å²) in [5.74, 6) is 1.94. The fourth-order valence-electron chi connectivity index (χ4n) is 3.72. The molecule has 31 heavy (non-hydrogen) atoms. The van der Waals surface area contributed by atoms with Crippen LogP contribution in [0.2, 0.25) is 0 Å². The summed E-state index contributed by atoms with van der Waals surface area (Å²) in [6.07, 6.45) is 6.81. The second kappa shape index (κ2) is 12.1. The van der Waals surface area contributed by atoms with E-state index >= 15 is 0 Å². The lowest BCUT2D eigenvalue weighted by Crippen LogP contribution is -2.33. The summed E-state index contributed by atoms with van der Waals surface area (Å²) in [4.78, 5) is 12.4. The number of unbranched alkanes of at least 4 members (excludes halogenated alkanes) is 2. The molecular formula is C23H34N4O3S. The summed E-state index contributed by atoms with van der Waals surface area (Å²) in [6.45, 7) is 5.74. The Labute approximate surface area is 189 Å². The molecule has 1 saturated heterocycles. The molecule has 1 aliphatic rings. The predicted octanol–water partition coefficient (Wildman–Crippen LogP) is 4.31. The number of ether oxygens (including phenoxy) is 2. The van der Waals surface area contributed by atoms with Crippen LogP contribution in [0, 0.1) is 0 Å². The average molecular weight is 447 g/mol. The maximum Gasteiger partial charge on any atom is 0.230 e. The van der Waals surface area contributed by atoms with Gasteiger partial charge in [0.05, 0.1) is 25.5 Å². The number of hydrogen-bond acceptors (Lipinski definition) is 6. The van der Waals surface area contributed by atoms with Gasteiger partial charge in [-0.1, -0.05) is 37.9 Å². The van der Waals surface area contributed by atoms with E-state index in [0.717, 1.165) is 54.6 Å². The molecule has 0 radical (unpaired) electrons. The fourth-order valence-corrected chi connectivity index (χ4v) is 4.48. The zero-order chi connectivity index (χ0) is 22.1. The van der Waals surface area contributed by atoms with Crippen molar-refractivity contribution < 1.29 is 14.3 Å². The Morgan fingerprint density at radius 2 is 2.13 bits per heavy atom. The highest BCUT2D eigenvalue weighted by Gasteiger charge is 2.22. The van der Waals surface area contributed by atoms with E-state index < -0.39 is 0 Å². The van der Waals surface area contributed by atoms with Gasteiger partial charge >= 0.3 is 0 Å². The number of aromatic nitrogens is 3. The molecule has 0 saturated carbocycles. The van der Waals surface area contributed by atoms with Crippen LogP contribution in [-0.4, -0.2) is 52.3 Å². The number of thioether (sulfide) groups is 1. The van der Waals surface area contributed by atoms with E-state index in [-0.39, 0.29) is 18.1 Å². The Balaban J connectivity index is 1.67. The molecule has 2 aromatic rings.